The lowest BCUT2D eigenvalue weighted by Crippen LogP contribution is -2.14. The van der Waals surface area contributed by atoms with Gasteiger partial charge in [0.2, 0.25) is 5.91 Å². The minimum atomic E-state index is -0.0429. The molecule has 5 heteroatoms. The zero-order valence-electron chi connectivity index (χ0n) is 14.7. The molecule has 3 aromatic rings. The first-order chi connectivity index (χ1) is 12.0. The van der Waals surface area contributed by atoms with Crippen LogP contribution >= 0.6 is 0 Å². The summed E-state index contributed by atoms with van der Waals surface area (Å²) in [5, 5.41) is 2.94. The van der Waals surface area contributed by atoms with Crippen molar-refractivity contribution >= 4 is 11.6 Å². The van der Waals surface area contributed by atoms with Gasteiger partial charge in [-0.25, -0.2) is 4.98 Å². The number of carbonyl (C=O) groups excluding carboxylic acids is 1. The number of pyridine rings is 1. The molecule has 0 radical (unpaired) electrons. The summed E-state index contributed by atoms with van der Waals surface area (Å²) in [6.45, 7) is 6.09. The largest absolute Gasteiger partial charge is 0.328 e. The van der Waals surface area contributed by atoms with Crippen molar-refractivity contribution in [1.82, 2.24) is 14.5 Å². The SMILES string of the molecule is Cc1cncc(CC(=O)Nc2ccc([C@H](C)n3ccnc3C)cc2)c1. The zero-order chi connectivity index (χ0) is 17.8. The number of nitrogens with zero attached hydrogens (tertiary/aromatic N) is 3. The molecule has 0 unspecified atom stereocenters. The van der Waals surface area contributed by atoms with Crippen molar-refractivity contribution in [2.24, 2.45) is 0 Å². The number of hydrogen-bond donors (Lipinski definition) is 1. The Balaban J connectivity index is 1.64. The van der Waals surface area contributed by atoms with Crippen LogP contribution in [0.2, 0.25) is 0 Å². The summed E-state index contributed by atoms with van der Waals surface area (Å²) >= 11 is 0. The maximum Gasteiger partial charge on any atom is 0.228 e. The van der Waals surface area contributed by atoms with Crippen LogP contribution in [0.5, 0.6) is 0 Å². The zero-order valence-corrected chi connectivity index (χ0v) is 14.7. The van der Waals surface area contributed by atoms with E-state index in [1.54, 1.807) is 18.6 Å². The van der Waals surface area contributed by atoms with E-state index in [2.05, 4.69) is 26.8 Å². The van der Waals surface area contributed by atoms with Crippen molar-refractivity contribution in [2.45, 2.75) is 33.2 Å². The number of aryl methyl sites for hydroxylation is 2. The van der Waals surface area contributed by atoms with E-state index in [9.17, 15) is 4.79 Å². The molecule has 1 atom stereocenters. The van der Waals surface area contributed by atoms with Crippen LogP contribution in [0.1, 0.15) is 35.5 Å². The smallest absolute Gasteiger partial charge is 0.228 e. The Morgan fingerprint density at radius 3 is 2.60 bits per heavy atom. The van der Waals surface area contributed by atoms with E-state index >= 15 is 0 Å². The van der Waals surface area contributed by atoms with Gasteiger partial charge in [-0.2, -0.15) is 0 Å². The minimum Gasteiger partial charge on any atom is -0.328 e. The monoisotopic (exact) mass is 334 g/mol. The third-order valence-electron chi connectivity index (χ3n) is 4.25. The van der Waals surface area contributed by atoms with E-state index in [-0.39, 0.29) is 11.9 Å². The molecule has 0 spiro atoms. The molecule has 2 aromatic heterocycles. The van der Waals surface area contributed by atoms with E-state index in [0.717, 1.165) is 22.6 Å². The maximum atomic E-state index is 12.2. The van der Waals surface area contributed by atoms with E-state index in [1.807, 2.05) is 50.4 Å². The molecule has 0 saturated carbocycles. The Kier molecular flexibility index (Phi) is 4.93. The van der Waals surface area contributed by atoms with E-state index in [1.165, 1.54) is 5.56 Å². The highest BCUT2D eigenvalue weighted by Gasteiger charge is 2.10. The van der Waals surface area contributed by atoms with Gasteiger partial charge >= 0.3 is 0 Å². The lowest BCUT2D eigenvalue weighted by Gasteiger charge is -2.16. The normalized spacial score (nSPS) is 12.0. The standard InChI is InChI=1S/C20H22N4O/c1-14-10-17(13-21-12-14)11-20(25)23-19-6-4-18(5-7-19)15(2)24-9-8-22-16(24)3/h4-10,12-13,15H,11H2,1-3H3,(H,23,25)/t15-/m0/s1. The molecule has 1 amide bonds. The second-order valence-electron chi connectivity index (χ2n) is 6.28. The number of rotatable bonds is 5. The maximum absolute atomic E-state index is 12.2. The topological polar surface area (TPSA) is 59.8 Å². The Labute approximate surface area is 147 Å². The van der Waals surface area contributed by atoms with Crippen molar-refractivity contribution in [3.05, 3.63) is 77.6 Å². The predicted molar refractivity (Wildman–Crippen MR) is 98.5 cm³/mol. The molecule has 0 bridgehead atoms. The van der Waals surface area contributed by atoms with Crippen LogP contribution < -0.4 is 5.32 Å². The van der Waals surface area contributed by atoms with Gasteiger partial charge in [0, 0.05) is 30.5 Å². The molecule has 1 N–H and O–H groups in total. The van der Waals surface area contributed by atoms with Crippen molar-refractivity contribution in [3.8, 4) is 0 Å². The molecule has 25 heavy (non-hydrogen) atoms. The number of hydrogen-bond acceptors (Lipinski definition) is 3. The lowest BCUT2D eigenvalue weighted by atomic mass is 10.1. The number of benzene rings is 1. The molecule has 0 fully saturated rings. The first-order valence-electron chi connectivity index (χ1n) is 8.32. The van der Waals surface area contributed by atoms with Crippen LogP contribution in [0.15, 0.2) is 55.1 Å². The van der Waals surface area contributed by atoms with Crippen LogP contribution in [-0.2, 0) is 11.2 Å². The third kappa shape index (κ3) is 4.12. The number of nitrogens with one attached hydrogen (secondary N) is 1. The molecule has 128 valence electrons. The number of amides is 1. The Morgan fingerprint density at radius 1 is 1.20 bits per heavy atom. The first-order valence-corrected chi connectivity index (χ1v) is 8.32. The van der Waals surface area contributed by atoms with Gasteiger partial charge in [-0.15, -0.1) is 0 Å². The molecule has 0 saturated heterocycles. The summed E-state index contributed by atoms with van der Waals surface area (Å²) in [6, 6.07) is 10.1. The van der Waals surface area contributed by atoms with Crippen molar-refractivity contribution in [2.75, 3.05) is 5.32 Å². The average Bonchev–Trinajstić information content (AvgIpc) is 3.01. The molecule has 0 aliphatic carbocycles. The summed E-state index contributed by atoms with van der Waals surface area (Å²) < 4.78 is 2.12. The predicted octanol–water partition coefficient (Wildman–Crippen LogP) is 3.69. The van der Waals surface area contributed by atoms with Crippen LogP contribution in [0, 0.1) is 13.8 Å². The van der Waals surface area contributed by atoms with Crippen LogP contribution in [0.25, 0.3) is 0 Å². The van der Waals surface area contributed by atoms with Crippen LogP contribution in [0.3, 0.4) is 0 Å². The van der Waals surface area contributed by atoms with E-state index < -0.39 is 0 Å². The van der Waals surface area contributed by atoms with E-state index in [0.29, 0.717) is 6.42 Å². The fourth-order valence-electron chi connectivity index (χ4n) is 2.91. The minimum absolute atomic E-state index is 0.0429. The van der Waals surface area contributed by atoms with Gasteiger partial charge in [0.25, 0.3) is 0 Å². The quantitative estimate of drug-likeness (QED) is 0.774. The van der Waals surface area contributed by atoms with Gasteiger partial charge in [0.15, 0.2) is 0 Å². The van der Waals surface area contributed by atoms with Crippen LogP contribution in [0.4, 0.5) is 5.69 Å². The van der Waals surface area contributed by atoms with E-state index in [4.69, 9.17) is 0 Å². The van der Waals surface area contributed by atoms with Crippen molar-refractivity contribution in [1.29, 1.82) is 0 Å². The van der Waals surface area contributed by atoms with Crippen molar-refractivity contribution < 1.29 is 4.79 Å². The number of carbonyl (C=O) groups is 1. The molecule has 3 rings (SSSR count). The molecular weight excluding hydrogens is 312 g/mol. The summed E-state index contributed by atoms with van der Waals surface area (Å²) in [5.41, 5.74) is 3.93. The first kappa shape index (κ1) is 16.9. The van der Waals surface area contributed by atoms with Gasteiger partial charge in [-0.05, 0) is 49.6 Å². The summed E-state index contributed by atoms with van der Waals surface area (Å²) in [5.74, 6) is 0.940. The van der Waals surface area contributed by atoms with Gasteiger partial charge in [0.1, 0.15) is 5.82 Å². The van der Waals surface area contributed by atoms with Gasteiger partial charge in [0.05, 0.1) is 12.5 Å². The molecule has 0 aliphatic rings. The molecular formula is C20H22N4O. The van der Waals surface area contributed by atoms with Crippen molar-refractivity contribution in [3.63, 3.8) is 0 Å². The number of imidazole rings is 1. The summed E-state index contributed by atoms with van der Waals surface area (Å²) in [7, 11) is 0. The Hall–Kier alpha value is -2.95. The molecule has 1 aromatic carbocycles. The number of aromatic nitrogens is 3. The van der Waals surface area contributed by atoms with Gasteiger partial charge in [-0.3, -0.25) is 9.78 Å². The molecule has 5 nitrogen and oxygen atoms in total. The second kappa shape index (κ2) is 7.30. The molecule has 2 heterocycles. The molecule has 0 aliphatic heterocycles. The average molecular weight is 334 g/mol. The Morgan fingerprint density at radius 2 is 1.96 bits per heavy atom. The Bertz CT molecular complexity index is 867. The lowest BCUT2D eigenvalue weighted by molar-refractivity contribution is -0.115. The highest BCUT2D eigenvalue weighted by atomic mass is 16.1. The third-order valence-corrected chi connectivity index (χ3v) is 4.25. The highest BCUT2D eigenvalue weighted by Crippen LogP contribution is 2.21. The van der Waals surface area contributed by atoms with Crippen LogP contribution in [-0.4, -0.2) is 20.4 Å². The summed E-state index contributed by atoms with van der Waals surface area (Å²) in [4.78, 5) is 20.6. The summed E-state index contributed by atoms with van der Waals surface area (Å²) in [6.07, 6.45) is 7.61. The fraction of sp³-hybridized carbons (Fsp3) is 0.250. The highest BCUT2D eigenvalue weighted by molar-refractivity contribution is 5.92. The number of anilines is 1. The second-order valence-corrected chi connectivity index (χ2v) is 6.28. The van der Waals surface area contributed by atoms with Gasteiger partial charge in [-0.1, -0.05) is 18.2 Å². The fourth-order valence-corrected chi connectivity index (χ4v) is 2.91. The van der Waals surface area contributed by atoms with Gasteiger partial charge < -0.3 is 9.88 Å².